The number of fused-ring (bicyclic) bond motifs is 1. The van der Waals surface area contributed by atoms with E-state index in [0.717, 1.165) is 43.4 Å². The molecule has 0 bridgehead atoms. The number of aliphatic hydroxyl groups excluding tert-OH is 2. The zero-order valence-electron chi connectivity index (χ0n) is 23.4. The molecule has 4 heterocycles. The van der Waals surface area contributed by atoms with Crippen LogP contribution in [0.2, 0.25) is 0 Å². The standard InChI is InChI=1S/C28H42FN5O7/c29-22-17-20-21(28(38)34(27(20)37)23-1-2-25(35)31-26(23)36)18-24(22)33-9-7-32(8-10-33)11-12-39-13-14-40-15-16-41-19-3-5-30-6-4-19/h17-19,23,25-26,30-31,35-36H,1-16H2. The minimum atomic E-state index is -1.25. The number of nitrogens with one attached hydrogen (secondary N) is 2. The maximum Gasteiger partial charge on any atom is 0.262 e. The molecule has 5 rings (SSSR count). The zero-order valence-corrected chi connectivity index (χ0v) is 23.4. The van der Waals surface area contributed by atoms with Crippen molar-refractivity contribution in [3.63, 3.8) is 0 Å². The predicted molar refractivity (Wildman–Crippen MR) is 147 cm³/mol. The van der Waals surface area contributed by atoms with Gasteiger partial charge in [-0.1, -0.05) is 0 Å². The van der Waals surface area contributed by atoms with Gasteiger partial charge in [0.05, 0.1) is 62.0 Å². The number of carbonyl (C=O) groups is 2. The first-order chi connectivity index (χ1) is 19.9. The first-order valence-electron chi connectivity index (χ1n) is 14.7. The number of hydrogen-bond donors (Lipinski definition) is 4. The summed E-state index contributed by atoms with van der Waals surface area (Å²) in [4.78, 5) is 31.3. The molecule has 41 heavy (non-hydrogen) atoms. The Morgan fingerprint density at radius 1 is 0.854 bits per heavy atom. The van der Waals surface area contributed by atoms with Gasteiger partial charge >= 0.3 is 0 Å². The SMILES string of the molecule is O=C1c2cc(F)c(N3CCN(CCOCCOCCOC4CCNCC4)CC3)cc2C(=O)N1C1CCC(O)NC1O. The highest BCUT2D eigenvalue weighted by Crippen LogP contribution is 2.33. The quantitative estimate of drug-likeness (QED) is 0.193. The number of benzene rings is 1. The zero-order chi connectivity index (χ0) is 28.8. The maximum atomic E-state index is 15.1. The molecule has 3 atom stereocenters. The number of aliphatic hydroxyl groups is 2. The van der Waals surface area contributed by atoms with Crippen LogP contribution in [0.4, 0.5) is 10.1 Å². The minimum Gasteiger partial charge on any atom is -0.379 e. The second-order valence-corrected chi connectivity index (χ2v) is 11.0. The summed E-state index contributed by atoms with van der Waals surface area (Å²) < 4.78 is 32.3. The van der Waals surface area contributed by atoms with Gasteiger partial charge in [0, 0.05) is 32.7 Å². The van der Waals surface area contributed by atoms with Crippen LogP contribution in [-0.2, 0) is 14.2 Å². The fourth-order valence-corrected chi connectivity index (χ4v) is 5.92. The van der Waals surface area contributed by atoms with E-state index < -0.39 is 36.1 Å². The first kappa shape index (κ1) is 30.2. The summed E-state index contributed by atoms with van der Waals surface area (Å²) in [6.07, 6.45) is 0.822. The molecule has 12 nitrogen and oxygen atoms in total. The highest BCUT2D eigenvalue weighted by atomic mass is 19.1. The molecule has 0 aliphatic carbocycles. The number of carbonyl (C=O) groups excluding carboxylic acids is 2. The number of rotatable bonds is 12. The van der Waals surface area contributed by atoms with Crippen LogP contribution in [0.1, 0.15) is 46.4 Å². The Bertz CT molecular complexity index is 1050. The van der Waals surface area contributed by atoms with E-state index in [1.54, 1.807) is 0 Å². The Morgan fingerprint density at radius 3 is 2.22 bits per heavy atom. The topological polar surface area (TPSA) is 136 Å². The van der Waals surface area contributed by atoms with Crippen LogP contribution < -0.4 is 15.5 Å². The van der Waals surface area contributed by atoms with Crippen molar-refractivity contribution in [1.29, 1.82) is 0 Å². The van der Waals surface area contributed by atoms with Gasteiger partial charge in [0.1, 0.15) is 18.3 Å². The summed E-state index contributed by atoms with van der Waals surface area (Å²) in [6, 6.07) is 1.76. The minimum absolute atomic E-state index is 0.00337. The van der Waals surface area contributed by atoms with Gasteiger partial charge in [-0.15, -0.1) is 0 Å². The summed E-state index contributed by atoms with van der Waals surface area (Å²) >= 11 is 0. The van der Waals surface area contributed by atoms with Gasteiger partial charge in [-0.3, -0.25) is 24.7 Å². The number of piperazine rings is 1. The highest BCUT2D eigenvalue weighted by Gasteiger charge is 2.45. The second kappa shape index (κ2) is 14.3. The third-order valence-electron chi connectivity index (χ3n) is 8.28. The van der Waals surface area contributed by atoms with E-state index in [1.807, 2.05) is 4.90 Å². The summed E-state index contributed by atoms with van der Waals surface area (Å²) in [5, 5.41) is 25.9. The lowest BCUT2D eigenvalue weighted by molar-refractivity contribution is -0.0413. The molecule has 3 fully saturated rings. The van der Waals surface area contributed by atoms with E-state index in [2.05, 4.69) is 15.5 Å². The number of imide groups is 1. The van der Waals surface area contributed by atoms with Crippen molar-refractivity contribution in [2.75, 3.05) is 83.7 Å². The van der Waals surface area contributed by atoms with Crippen LogP contribution in [0, 0.1) is 5.82 Å². The smallest absolute Gasteiger partial charge is 0.262 e. The summed E-state index contributed by atoms with van der Waals surface area (Å²) in [5.41, 5.74) is 0.436. The molecule has 2 amide bonds. The van der Waals surface area contributed by atoms with Crippen LogP contribution in [0.15, 0.2) is 12.1 Å². The van der Waals surface area contributed by atoms with E-state index >= 15 is 4.39 Å². The lowest BCUT2D eigenvalue weighted by atomic mass is 10.0. The highest BCUT2D eigenvalue weighted by molar-refractivity contribution is 6.22. The normalized spacial score (nSPS) is 26.2. The number of hydrogen-bond acceptors (Lipinski definition) is 11. The second-order valence-electron chi connectivity index (χ2n) is 11.0. The molecule has 1 aromatic carbocycles. The molecule has 13 heteroatoms. The molecule has 1 aromatic rings. The van der Waals surface area contributed by atoms with Gasteiger partial charge in [-0.05, 0) is 50.9 Å². The van der Waals surface area contributed by atoms with Crippen molar-refractivity contribution in [2.45, 2.75) is 50.3 Å². The van der Waals surface area contributed by atoms with Gasteiger partial charge in [0.2, 0.25) is 0 Å². The number of halogens is 1. The fraction of sp³-hybridized carbons (Fsp3) is 0.714. The summed E-state index contributed by atoms with van der Waals surface area (Å²) in [6.45, 7) is 8.16. The predicted octanol–water partition coefficient (Wildman–Crippen LogP) is -0.266. The molecular formula is C28H42FN5O7. The van der Waals surface area contributed by atoms with Gasteiger partial charge < -0.3 is 34.6 Å². The number of piperidine rings is 2. The van der Waals surface area contributed by atoms with Crippen molar-refractivity contribution in [2.24, 2.45) is 0 Å². The third-order valence-corrected chi connectivity index (χ3v) is 8.28. The van der Waals surface area contributed by atoms with Gasteiger partial charge in [-0.25, -0.2) is 4.39 Å². The molecule has 228 valence electrons. The lowest BCUT2D eigenvalue weighted by Gasteiger charge is -2.36. The van der Waals surface area contributed by atoms with Gasteiger partial charge in [0.25, 0.3) is 11.8 Å². The van der Waals surface area contributed by atoms with Crippen LogP contribution in [-0.4, -0.2) is 135 Å². The van der Waals surface area contributed by atoms with E-state index in [4.69, 9.17) is 14.2 Å². The van der Waals surface area contributed by atoms with E-state index in [-0.39, 0.29) is 24.0 Å². The largest absolute Gasteiger partial charge is 0.379 e. The molecule has 0 saturated carbocycles. The summed E-state index contributed by atoms with van der Waals surface area (Å²) in [7, 11) is 0. The van der Waals surface area contributed by atoms with Crippen molar-refractivity contribution in [3.05, 3.63) is 29.1 Å². The number of anilines is 1. The number of ether oxygens (including phenoxy) is 3. The Balaban J connectivity index is 1.02. The third kappa shape index (κ3) is 7.41. The Labute approximate surface area is 239 Å². The lowest BCUT2D eigenvalue weighted by Crippen LogP contribution is -2.58. The van der Waals surface area contributed by atoms with E-state index in [1.165, 1.54) is 6.07 Å². The van der Waals surface area contributed by atoms with E-state index in [0.29, 0.717) is 71.0 Å². The molecule has 0 spiro atoms. The molecular weight excluding hydrogens is 537 g/mol. The van der Waals surface area contributed by atoms with Crippen molar-refractivity contribution in [1.82, 2.24) is 20.4 Å². The molecule has 0 aromatic heterocycles. The molecule has 4 aliphatic rings. The van der Waals surface area contributed by atoms with Crippen molar-refractivity contribution in [3.8, 4) is 0 Å². The van der Waals surface area contributed by atoms with Gasteiger partial charge in [0.15, 0.2) is 0 Å². The molecule has 0 radical (unpaired) electrons. The number of nitrogens with zero attached hydrogens (tertiary/aromatic N) is 3. The number of amides is 2. The summed E-state index contributed by atoms with van der Waals surface area (Å²) in [5.74, 6) is -1.73. The fourth-order valence-electron chi connectivity index (χ4n) is 5.92. The van der Waals surface area contributed by atoms with Crippen LogP contribution in [0.3, 0.4) is 0 Å². The Hall–Kier alpha value is -2.23. The molecule has 3 unspecified atom stereocenters. The molecule has 4 N–H and O–H groups in total. The van der Waals surface area contributed by atoms with Gasteiger partial charge in [-0.2, -0.15) is 0 Å². The first-order valence-corrected chi connectivity index (χ1v) is 14.7. The molecule has 4 aliphatic heterocycles. The molecule has 3 saturated heterocycles. The average molecular weight is 580 g/mol. The Kier molecular flexibility index (Phi) is 10.5. The van der Waals surface area contributed by atoms with Crippen LogP contribution in [0.5, 0.6) is 0 Å². The van der Waals surface area contributed by atoms with Crippen LogP contribution >= 0.6 is 0 Å². The monoisotopic (exact) mass is 579 g/mol. The Morgan fingerprint density at radius 2 is 1.51 bits per heavy atom. The average Bonchev–Trinajstić information content (AvgIpc) is 3.21. The van der Waals surface area contributed by atoms with Crippen molar-refractivity contribution < 1.29 is 38.4 Å². The van der Waals surface area contributed by atoms with Crippen molar-refractivity contribution >= 4 is 17.5 Å². The maximum absolute atomic E-state index is 15.1. The van der Waals surface area contributed by atoms with E-state index in [9.17, 15) is 19.8 Å². The van der Waals surface area contributed by atoms with Crippen LogP contribution in [0.25, 0.3) is 0 Å².